The van der Waals surface area contributed by atoms with Crippen LogP contribution in [0.15, 0.2) is 29.4 Å². The molecule has 0 spiro atoms. The van der Waals surface area contributed by atoms with Crippen LogP contribution in [0.5, 0.6) is 0 Å². The predicted molar refractivity (Wildman–Crippen MR) is 99.9 cm³/mol. The van der Waals surface area contributed by atoms with Crippen LogP contribution < -0.4 is 0 Å². The highest BCUT2D eigenvalue weighted by Crippen LogP contribution is 2.39. The molecule has 0 saturated carbocycles. The van der Waals surface area contributed by atoms with Crippen molar-refractivity contribution in [2.24, 2.45) is 10.5 Å². The summed E-state index contributed by atoms with van der Waals surface area (Å²) in [4.78, 5) is 25.8. The van der Waals surface area contributed by atoms with E-state index >= 15 is 0 Å². The Morgan fingerprint density at radius 3 is 2.45 bits per heavy atom. The Bertz CT molecular complexity index is 815. The van der Waals surface area contributed by atoms with Crippen LogP contribution in [0.25, 0.3) is 0 Å². The molecule has 2 aliphatic heterocycles. The third-order valence-corrected chi connectivity index (χ3v) is 5.79. The van der Waals surface area contributed by atoms with Crippen LogP contribution in [0, 0.1) is 5.41 Å². The molecule has 0 aliphatic carbocycles. The maximum absolute atomic E-state index is 13.3. The van der Waals surface area contributed by atoms with Crippen LogP contribution in [0.2, 0.25) is 0 Å². The Morgan fingerprint density at radius 2 is 1.86 bits per heavy atom. The fourth-order valence-electron chi connectivity index (χ4n) is 3.94. The number of hydrogen-bond acceptors (Lipinski definition) is 4. The first-order valence-corrected chi connectivity index (χ1v) is 9.54. The maximum Gasteiger partial charge on any atom is 0.416 e. The SMILES string of the molecule is CN1N=C(C(=O)N2CCC(CO)(Cc3ccccc3C(F)(F)F)CC2)CCC1=O. The number of amides is 2. The van der Waals surface area contributed by atoms with Gasteiger partial charge < -0.3 is 10.0 Å². The van der Waals surface area contributed by atoms with Gasteiger partial charge in [0.15, 0.2) is 0 Å². The summed E-state index contributed by atoms with van der Waals surface area (Å²) in [5, 5.41) is 15.2. The molecular formula is C20H24F3N3O3. The van der Waals surface area contributed by atoms with Gasteiger partial charge in [0.1, 0.15) is 5.71 Å². The number of piperidine rings is 1. The minimum absolute atomic E-state index is 0.0966. The molecule has 0 unspecified atom stereocenters. The Labute approximate surface area is 167 Å². The van der Waals surface area contributed by atoms with Gasteiger partial charge in [-0.25, -0.2) is 5.01 Å². The average molecular weight is 411 g/mol. The molecular weight excluding hydrogens is 387 g/mol. The lowest BCUT2D eigenvalue weighted by Crippen LogP contribution is -2.48. The summed E-state index contributed by atoms with van der Waals surface area (Å²) in [6, 6.07) is 5.42. The summed E-state index contributed by atoms with van der Waals surface area (Å²) < 4.78 is 39.9. The quantitative estimate of drug-likeness (QED) is 0.827. The molecule has 6 nitrogen and oxygen atoms in total. The first kappa shape index (κ1) is 21.3. The zero-order valence-corrected chi connectivity index (χ0v) is 16.2. The lowest BCUT2D eigenvalue weighted by atomic mass is 9.73. The number of aliphatic hydroxyl groups excluding tert-OH is 1. The van der Waals surface area contributed by atoms with Gasteiger partial charge in [0, 0.05) is 45.0 Å². The molecule has 3 rings (SSSR count). The Balaban J connectivity index is 1.70. The van der Waals surface area contributed by atoms with Crippen LogP contribution in [0.4, 0.5) is 13.2 Å². The van der Waals surface area contributed by atoms with Crippen LogP contribution in [-0.4, -0.2) is 59.3 Å². The molecule has 1 aromatic carbocycles. The number of carbonyl (C=O) groups excluding carboxylic acids is 2. The number of halogens is 3. The number of carbonyl (C=O) groups is 2. The van der Waals surface area contributed by atoms with E-state index in [1.54, 1.807) is 11.0 Å². The van der Waals surface area contributed by atoms with E-state index in [1.165, 1.54) is 19.2 Å². The van der Waals surface area contributed by atoms with Gasteiger partial charge in [0.05, 0.1) is 5.56 Å². The molecule has 2 heterocycles. The number of hydrogen-bond donors (Lipinski definition) is 1. The molecule has 9 heteroatoms. The fraction of sp³-hybridized carbons (Fsp3) is 0.550. The third kappa shape index (κ3) is 4.60. The number of hydrazone groups is 1. The summed E-state index contributed by atoms with van der Waals surface area (Å²) in [6.07, 6.45) is -3.06. The Morgan fingerprint density at radius 1 is 1.21 bits per heavy atom. The van der Waals surface area contributed by atoms with E-state index in [0.717, 1.165) is 11.1 Å². The Kier molecular flexibility index (Phi) is 5.97. The number of nitrogens with zero attached hydrogens (tertiary/aromatic N) is 3. The highest BCUT2D eigenvalue weighted by Gasteiger charge is 2.40. The highest BCUT2D eigenvalue weighted by atomic mass is 19.4. The molecule has 1 fully saturated rings. The van der Waals surface area contributed by atoms with Crippen LogP contribution in [-0.2, 0) is 22.2 Å². The van der Waals surface area contributed by atoms with E-state index in [0.29, 0.717) is 31.6 Å². The van der Waals surface area contributed by atoms with Gasteiger partial charge in [-0.05, 0) is 30.9 Å². The number of rotatable bonds is 4. The topological polar surface area (TPSA) is 73.2 Å². The number of aliphatic hydroxyl groups is 1. The molecule has 0 bridgehead atoms. The monoisotopic (exact) mass is 411 g/mol. The molecule has 158 valence electrons. The zero-order valence-electron chi connectivity index (χ0n) is 16.2. The van der Waals surface area contributed by atoms with Crippen molar-refractivity contribution in [3.05, 3.63) is 35.4 Å². The van der Waals surface area contributed by atoms with E-state index in [2.05, 4.69) is 5.10 Å². The minimum atomic E-state index is -4.45. The number of likely N-dealkylation sites (tertiary alicyclic amines) is 1. The average Bonchev–Trinajstić information content (AvgIpc) is 2.69. The number of benzene rings is 1. The van der Waals surface area contributed by atoms with E-state index in [9.17, 15) is 27.9 Å². The standard InChI is InChI=1S/C20H24F3N3O3/c1-25-17(28)7-6-16(24-25)18(29)26-10-8-19(13-27,9-11-26)12-14-4-2-3-5-15(14)20(21,22)23/h2-5,27H,6-13H2,1H3. The fourth-order valence-corrected chi connectivity index (χ4v) is 3.94. The lowest BCUT2D eigenvalue weighted by Gasteiger charge is -2.41. The normalized spacial score (nSPS) is 19.9. The van der Waals surface area contributed by atoms with Gasteiger partial charge in [-0.15, -0.1) is 0 Å². The second-order valence-electron chi connectivity index (χ2n) is 7.75. The lowest BCUT2D eigenvalue weighted by molar-refractivity contribution is -0.138. The second-order valence-corrected chi connectivity index (χ2v) is 7.75. The molecule has 1 aromatic rings. The van der Waals surface area contributed by atoms with Gasteiger partial charge in [-0.1, -0.05) is 18.2 Å². The van der Waals surface area contributed by atoms with Gasteiger partial charge >= 0.3 is 6.18 Å². The van der Waals surface area contributed by atoms with Crippen molar-refractivity contribution in [1.82, 2.24) is 9.91 Å². The smallest absolute Gasteiger partial charge is 0.396 e. The first-order valence-electron chi connectivity index (χ1n) is 9.54. The largest absolute Gasteiger partial charge is 0.416 e. The second kappa shape index (κ2) is 8.14. The van der Waals surface area contributed by atoms with E-state index in [4.69, 9.17) is 0 Å². The summed E-state index contributed by atoms with van der Waals surface area (Å²) in [6.45, 7) is 0.397. The molecule has 0 aromatic heterocycles. The summed E-state index contributed by atoms with van der Waals surface area (Å²) in [5.74, 6) is -0.408. The summed E-state index contributed by atoms with van der Waals surface area (Å²) in [7, 11) is 1.50. The van der Waals surface area contributed by atoms with Crippen molar-refractivity contribution in [1.29, 1.82) is 0 Å². The van der Waals surface area contributed by atoms with E-state index < -0.39 is 17.2 Å². The molecule has 29 heavy (non-hydrogen) atoms. The van der Waals surface area contributed by atoms with Crippen LogP contribution >= 0.6 is 0 Å². The van der Waals surface area contributed by atoms with E-state index in [1.807, 2.05) is 0 Å². The molecule has 1 N–H and O–H groups in total. The molecule has 1 saturated heterocycles. The third-order valence-electron chi connectivity index (χ3n) is 5.79. The minimum Gasteiger partial charge on any atom is -0.396 e. The first-order chi connectivity index (χ1) is 13.6. The molecule has 2 amide bonds. The summed E-state index contributed by atoms with van der Waals surface area (Å²) >= 11 is 0. The van der Waals surface area contributed by atoms with Crippen molar-refractivity contribution in [2.75, 3.05) is 26.7 Å². The van der Waals surface area contributed by atoms with Crippen LogP contribution in [0.1, 0.15) is 36.8 Å². The van der Waals surface area contributed by atoms with Crippen molar-refractivity contribution in [3.63, 3.8) is 0 Å². The van der Waals surface area contributed by atoms with Crippen LogP contribution in [0.3, 0.4) is 0 Å². The predicted octanol–water partition coefficient (Wildman–Crippen LogP) is 2.46. The van der Waals surface area contributed by atoms with Crippen molar-refractivity contribution >= 4 is 17.5 Å². The molecule has 0 radical (unpaired) electrons. The molecule has 2 aliphatic rings. The van der Waals surface area contributed by atoms with Crippen molar-refractivity contribution < 1.29 is 27.9 Å². The van der Waals surface area contributed by atoms with Gasteiger partial charge in [-0.2, -0.15) is 18.3 Å². The zero-order chi connectivity index (χ0) is 21.2. The van der Waals surface area contributed by atoms with Gasteiger partial charge in [-0.3, -0.25) is 9.59 Å². The number of alkyl halides is 3. The maximum atomic E-state index is 13.3. The molecule has 0 atom stereocenters. The highest BCUT2D eigenvalue weighted by molar-refractivity contribution is 6.39. The van der Waals surface area contributed by atoms with Gasteiger partial charge in [0.2, 0.25) is 5.91 Å². The van der Waals surface area contributed by atoms with Crippen molar-refractivity contribution in [3.8, 4) is 0 Å². The Hall–Kier alpha value is -2.42. The summed E-state index contributed by atoms with van der Waals surface area (Å²) in [5.41, 5.74) is -0.925. The van der Waals surface area contributed by atoms with E-state index in [-0.39, 0.29) is 43.2 Å². The van der Waals surface area contributed by atoms with Gasteiger partial charge in [0.25, 0.3) is 5.91 Å². The van der Waals surface area contributed by atoms with Crippen molar-refractivity contribution in [2.45, 2.75) is 38.3 Å².